The Morgan fingerprint density at radius 2 is 1.05 bits per heavy atom. The number of hydrogen-bond acceptors (Lipinski definition) is 3. The third-order valence-electron chi connectivity index (χ3n) is 7.24. The molecule has 3 nitrogen and oxygen atoms in total. The fourth-order valence-electron chi connectivity index (χ4n) is 5.51. The first-order valence-electron chi connectivity index (χ1n) is 12.4. The predicted octanol–water partition coefficient (Wildman–Crippen LogP) is 10.1. The minimum Gasteiger partial charge on any atom is -0.456 e. The topological polar surface area (TPSA) is 29.5 Å². The number of anilines is 3. The lowest BCUT2D eigenvalue weighted by atomic mass is 10.1. The Labute approximate surface area is 212 Å². The Hall–Kier alpha value is -5.02. The van der Waals surface area contributed by atoms with Crippen LogP contribution in [0.4, 0.5) is 17.1 Å². The van der Waals surface area contributed by atoms with Crippen LogP contribution in [0.15, 0.2) is 136 Å². The molecule has 0 aliphatic rings. The molecule has 0 bridgehead atoms. The minimum atomic E-state index is 0.875. The predicted molar refractivity (Wildman–Crippen MR) is 153 cm³/mol. The van der Waals surface area contributed by atoms with Gasteiger partial charge in [0.1, 0.15) is 22.3 Å². The lowest BCUT2D eigenvalue weighted by Crippen LogP contribution is -2.09. The van der Waals surface area contributed by atoms with Crippen LogP contribution in [0.25, 0.3) is 54.6 Å². The molecule has 0 atom stereocenters. The van der Waals surface area contributed by atoms with E-state index in [-0.39, 0.29) is 0 Å². The van der Waals surface area contributed by atoms with Crippen molar-refractivity contribution in [3.63, 3.8) is 0 Å². The van der Waals surface area contributed by atoms with Gasteiger partial charge in [-0.15, -0.1) is 0 Å². The van der Waals surface area contributed by atoms with Gasteiger partial charge in [-0.05, 0) is 60.0 Å². The Bertz CT molecular complexity index is 2100. The average Bonchev–Trinajstić information content (AvgIpc) is 3.52. The van der Waals surface area contributed by atoms with E-state index in [2.05, 4.69) is 114 Å². The van der Waals surface area contributed by atoms with E-state index in [1.54, 1.807) is 0 Å². The van der Waals surface area contributed by atoms with Crippen LogP contribution in [0.5, 0.6) is 0 Å². The number of hydrogen-bond donors (Lipinski definition) is 0. The molecule has 3 heteroatoms. The molecule has 0 N–H and O–H groups in total. The van der Waals surface area contributed by atoms with Crippen LogP contribution >= 0.6 is 0 Å². The van der Waals surface area contributed by atoms with Crippen molar-refractivity contribution in [2.24, 2.45) is 0 Å². The molecule has 174 valence electrons. The molecule has 8 aromatic rings. The quantitative estimate of drug-likeness (QED) is 0.255. The first kappa shape index (κ1) is 20.2. The van der Waals surface area contributed by atoms with Crippen LogP contribution in [0.1, 0.15) is 0 Å². The van der Waals surface area contributed by atoms with Crippen molar-refractivity contribution in [2.75, 3.05) is 4.90 Å². The molecule has 2 aromatic heterocycles. The van der Waals surface area contributed by atoms with E-state index in [0.717, 1.165) is 66.3 Å². The van der Waals surface area contributed by atoms with Gasteiger partial charge in [0.05, 0.1) is 0 Å². The number of rotatable bonds is 3. The fraction of sp³-hybridized carbons (Fsp3) is 0. The maximum atomic E-state index is 6.50. The van der Waals surface area contributed by atoms with Crippen molar-refractivity contribution in [1.29, 1.82) is 0 Å². The van der Waals surface area contributed by atoms with Crippen molar-refractivity contribution in [3.8, 4) is 0 Å². The first-order valence-corrected chi connectivity index (χ1v) is 12.4. The van der Waals surface area contributed by atoms with Crippen LogP contribution < -0.4 is 4.90 Å². The number of benzene rings is 6. The van der Waals surface area contributed by atoms with E-state index >= 15 is 0 Å². The van der Waals surface area contributed by atoms with Gasteiger partial charge < -0.3 is 13.7 Å². The molecule has 0 saturated carbocycles. The summed E-state index contributed by atoms with van der Waals surface area (Å²) in [4.78, 5) is 2.27. The van der Waals surface area contributed by atoms with Gasteiger partial charge in [-0.25, -0.2) is 0 Å². The van der Waals surface area contributed by atoms with Crippen LogP contribution in [0, 0.1) is 0 Å². The van der Waals surface area contributed by atoms with Gasteiger partial charge in [0.25, 0.3) is 0 Å². The Morgan fingerprint density at radius 1 is 0.378 bits per heavy atom. The summed E-state index contributed by atoms with van der Waals surface area (Å²) >= 11 is 0. The van der Waals surface area contributed by atoms with Gasteiger partial charge in [0.2, 0.25) is 0 Å². The molecular weight excluding hydrogens is 454 g/mol. The van der Waals surface area contributed by atoms with Crippen molar-refractivity contribution in [3.05, 3.63) is 127 Å². The van der Waals surface area contributed by atoms with Crippen molar-refractivity contribution >= 4 is 71.7 Å². The van der Waals surface area contributed by atoms with Gasteiger partial charge >= 0.3 is 0 Å². The zero-order valence-electron chi connectivity index (χ0n) is 19.9. The van der Waals surface area contributed by atoms with Gasteiger partial charge in [-0.1, -0.05) is 66.7 Å². The van der Waals surface area contributed by atoms with Crippen molar-refractivity contribution in [2.45, 2.75) is 0 Å². The molecule has 0 aliphatic carbocycles. The van der Waals surface area contributed by atoms with Gasteiger partial charge in [0, 0.05) is 50.1 Å². The third-order valence-corrected chi connectivity index (χ3v) is 7.24. The van der Waals surface area contributed by atoms with Gasteiger partial charge in [0.15, 0.2) is 0 Å². The maximum absolute atomic E-state index is 6.50. The standard InChI is InChI=1S/C34H21NO2/c1-2-9-23(10-3-1)35(24-16-19-32-30(20-24)27-12-6-7-13-31(27)36-32)25-15-18-28-29-17-14-22-8-4-5-11-26(22)34(29)37-33(28)21-25/h1-21H. The molecular formula is C34H21NO2. The Balaban J connectivity index is 1.36. The van der Waals surface area contributed by atoms with Crippen LogP contribution in [-0.4, -0.2) is 0 Å². The third kappa shape index (κ3) is 3.08. The van der Waals surface area contributed by atoms with Crippen LogP contribution in [0.2, 0.25) is 0 Å². The zero-order valence-corrected chi connectivity index (χ0v) is 19.9. The summed E-state index contributed by atoms with van der Waals surface area (Å²) in [5.41, 5.74) is 6.77. The second-order valence-electron chi connectivity index (χ2n) is 9.40. The molecule has 0 amide bonds. The van der Waals surface area contributed by atoms with E-state index in [1.165, 1.54) is 5.39 Å². The lowest BCUT2D eigenvalue weighted by Gasteiger charge is -2.25. The van der Waals surface area contributed by atoms with E-state index in [1.807, 2.05) is 18.2 Å². The van der Waals surface area contributed by atoms with Gasteiger partial charge in [-0.2, -0.15) is 0 Å². The summed E-state index contributed by atoms with van der Waals surface area (Å²) in [5, 5.41) is 6.79. The molecule has 0 saturated heterocycles. The summed E-state index contributed by atoms with van der Waals surface area (Å²) in [5.74, 6) is 0. The maximum Gasteiger partial charge on any atom is 0.143 e. The van der Waals surface area contributed by atoms with E-state index in [9.17, 15) is 0 Å². The number of furan rings is 2. The summed E-state index contributed by atoms with van der Waals surface area (Å²) in [6.07, 6.45) is 0. The van der Waals surface area contributed by atoms with Gasteiger partial charge in [-0.3, -0.25) is 0 Å². The second-order valence-corrected chi connectivity index (χ2v) is 9.40. The summed E-state index contributed by atoms with van der Waals surface area (Å²) < 4.78 is 12.6. The highest BCUT2D eigenvalue weighted by Crippen LogP contribution is 2.41. The number of para-hydroxylation sites is 2. The highest BCUT2D eigenvalue weighted by atomic mass is 16.3. The average molecular weight is 476 g/mol. The Kier molecular flexibility index (Phi) is 4.23. The molecule has 8 rings (SSSR count). The smallest absolute Gasteiger partial charge is 0.143 e. The summed E-state index contributed by atoms with van der Waals surface area (Å²) in [7, 11) is 0. The van der Waals surface area contributed by atoms with Crippen LogP contribution in [0.3, 0.4) is 0 Å². The highest BCUT2D eigenvalue weighted by molar-refractivity contribution is 6.15. The van der Waals surface area contributed by atoms with Crippen molar-refractivity contribution < 1.29 is 8.83 Å². The molecule has 6 aromatic carbocycles. The van der Waals surface area contributed by atoms with E-state index in [4.69, 9.17) is 8.83 Å². The number of nitrogens with zero attached hydrogens (tertiary/aromatic N) is 1. The molecule has 0 aliphatic heterocycles. The molecule has 37 heavy (non-hydrogen) atoms. The fourth-order valence-corrected chi connectivity index (χ4v) is 5.51. The summed E-state index contributed by atoms with van der Waals surface area (Å²) in [6.45, 7) is 0. The number of fused-ring (bicyclic) bond motifs is 8. The first-order chi connectivity index (χ1) is 18.3. The normalized spacial score (nSPS) is 11.8. The lowest BCUT2D eigenvalue weighted by molar-refractivity contribution is 0.669. The largest absolute Gasteiger partial charge is 0.456 e. The molecule has 2 heterocycles. The molecule has 0 radical (unpaired) electrons. The second kappa shape index (κ2) is 7.74. The van der Waals surface area contributed by atoms with E-state index < -0.39 is 0 Å². The van der Waals surface area contributed by atoms with Crippen molar-refractivity contribution in [1.82, 2.24) is 0 Å². The molecule has 0 spiro atoms. The Morgan fingerprint density at radius 3 is 1.97 bits per heavy atom. The highest BCUT2D eigenvalue weighted by Gasteiger charge is 2.17. The SMILES string of the molecule is c1ccc(N(c2ccc3c(c2)oc2c4ccccc4ccc32)c2ccc3oc4ccccc4c3c2)cc1. The molecule has 0 unspecified atom stereocenters. The molecule has 0 fully saturated rings. The minimum absolute atomic E-state index is 0.875. The summed E-state index contributed by atoms with van der Waals surface area (Å²) in [6, 6.07) is 44.2. The van der Waals surface area contributed by atoms with E-state index in [0.29, 0.717) is 0 Å². The monoisotopic (exact) mass is 475 g/mol. The zero-order chi connectivity index (χ0) is 24.3. The van der Waals surface area contributed by atoms with Crippen LogP contribution in [-0.2, 0) is 0 Å².